The molecule has 0 aromatic heterocycles. The van der Waals surface area contributed by atoms with Crippen LogP contribution in [0.2, 0.25) is 0 Å². The first-order valence-electron chi connectivity index (χ1n) is 13.4. The van der Waals surface area contributed by atoms with Gasteiger partial charge in [-0.25, -0.2) is 4.79 Å². The summed E-state index contributed by atoms with van der Waals surface area (Å²) in [5, 5.41) is 2.96. The monoisotopic (exact) mass is 528 g/mol. The fraction of sp³-hybridized carbons (Fsp3) is 0.344. The smallest absolute Gasteiger partial charge is 0.328 e. The van der Waals surface area contributed by atoms with E-state index >= 15 is 0 Å². The highest BCUT2D eigenvalue weighted by Gasteiger charge is 2.38. The number of esters is 1. The molecule has 1 heterocycles. The molecule has 0 fully saturated rings. The van der Waals surface area contributed by atoms with E-state index in [1.807, 2.05) is 69.3 Å². The number of anilines is 1. The van der Waals surface area contributed by atoms with Crippen LogP contribution in [0.3, 0.4) is 0 Å². The molecule has 1 aliphatic heterocycles. The van der Waals surface area contributed by atoms with E-state index in [0.717, 1.165) is 40.8 Å². The molecule has 3 aromatic rings. The van der Waals surface area contributed by atoms with Crippen molar-refractivity contribution in [3.63, 3.8) is 0 Å². The minimum atomic E-state index is -0.632. The third kappa shape index (κ3) is 6.14. The molecule has 0 bridgehead atoms. The zero-order valence-electron chi connectivity index (χ0n) is 23.2. The van der Waals surface area contributed by atoms with Gasteiger partial charge in [0.25, 0.3) is 11.8 Å². The number of ether oxygens (including phenoxy) is 2. The molecule has 39 heavy (non-hydrogen) atoms. The Bertz CT molecular complexity index is 1360. The van der Waals surface area contributed by atoms with Gasteiger partial charge in [-0.3, -0.25) is 9.59 Å². The maximum Gasteiger partial charge on any atom is 0.328 e. The van der Waals surface area contributed by atoms with Gasteiger partial charge < -0.3 is 19.7 Å². The number of nitrogens with one attached hydrogen (secondary N) is 1. The fourth-order valence-corrected chi connectivity index (χ4v) is 4.90. The molecule has 3 aromatic carbocycles. The van der Waals surface area contributed by atoms with Gasteiger partial charge in [-0.2, -0.15) is 0 Å². The Morgan fingerprint density at radius 3 is 2.38 bits per heavy atom. The molecule has 204 valence electrons. The van der Waals surface area contributed by atoms with Crippen molar-refractivity contribution in [1.29, 1.82) is 0 Å². The quantitative estimate of drug-likeness (QED) is 0.248. The van der Waals surface area contributed by atoms with Crippen molar-refractivity contribution in [3.05, 3.63) is 82.9 Å². The van der Waals surface area contributed by atoms with E-state index in [1.54, 1.807) is 17.0 Å². The summed E-state index contributed by atoms with van der Waals surface area (Å²) in [6.07, 6.45) is 2.06. The Balaban J connectivity index is 1.48. The molecule has 7 heteroatoms. The summed E-state index contributed by atoms with van der Waals surface area (Å²) in [6.45, 7) is 8.94. The zero-order chi connectivity index (χ0) is 28.1. The zero-order valence-corrected chi connectivity index (χ0v) is 23.2. The molecule has 1 N–H and O–H groups in total. The van der Waals surface area contributed by atoms with Crippen LogP contribution in [-0.2, 0) is 16.1 Å². The summed E-state index contributed by atoms with van der Waals surface area (Å²) < 4.78 is 10.6. The van der Waals surface area contributed by atoms with E-state index in [0.29, 0.717) is 30.0 Å². The van der Waals surface area contributed by atoms with Crippen LogP contribution in [0.25, 0.3) is 11.1 Å². The largest absolute Gasteiger partial charge is 0.494 e. The first-order valence-corrected chi connectivity index (χ1v) is 13.4. The minimum Gasteiger partial charge on any atom is -0.494 e. The number of methoxy groups -OCH3 is 1. The van der Waals surface area contributed by atoms with Gasteiger partial charge in [-0.15, -0.1) is 0 Å². The lowest BCUT2D eigenvalue weighted by atomic mass is 9.96. The van der Waals surface area contributed by atoms with Crippen LogP contribution >= 0.6 is 0 Å². The Hall–Kier alpha value is -4.13. The van der Waals surface area contributed by atoms with Gasteiger partial charge >= 0.3 is 5.97 Å². The molecule has 0 saturated heterocycles. The summed E-state index contributed by atoms with van der Waals surface area (Å²) in [5.41, 5.74) is 5.55. The predicted octanol–water partition coefficient (Wildman–Crippen LogP) is 6.25. The van der Waals surface area contributed by atoms with Gasteiger partial charge in [0.05, 0.1) is 13.7 Å². The van der Waals surface area contributed by atoms with Crippen LogP contribution < -0.4 is 10.1 Å². The number of carbonyl (C=O) groups excluding carboxylic acids is 3. The van der Waals surface area contributed by atoms with Gasteiger partial charge in [0, 0.05) is 23.4 Å². The number of aryl methyl sites for hydroxylation is 1. The van der Waals surface area contributed by atoms with E-state index in [9.17, 15) is 14.4 Å². The summed E-state index contributed by atoms with van der Waals surface area (Å²) in [6, 6.07) is 18.0. The van der Waals surface area contributed by atoms with Crippen LogP contribution in [0.1, 0.15) is 65.5 Å². The number of rotatable bonds is 10. The molecule has 0 spiro atoms. The van der Waals surface area contributed by atoms with Crippen LogP contribution in [0.4, 0.5) is 5.69 Å². The van der Waals surface area contributed by atoms with Crippen molar-refractivity contribution in [2.45, 2.75) is 53.1 Å². The van der Waals surface area contributed by atoms with E-state index < -0.39 is 12.0 Å². The van der Waals surface area contributed by atoms with Gasteiger partial charge in [-0.1, -0.05) is 45.4 Å². The molecule has 0 aliphatic carbocycles. The lowest BCUT2D eigenvalue weighted by molar-refractivity contribution is -0.147. The van der Waals surface area contributed by atoms with Gasteiger partial charge in [0.1, 0.15) is 11.8 Å². The number of hydrogen-bond acceptors (Lipinski definition) is 5. The van der Waals surface area contributed by atoms with Gasteiger partial charge in [-0.05, 0) is 84.0 Å². The normalized spacial score (nSPS) is 13.3. The molecular weight excluding hydrogens is 492 g/mol. The lowest BCUT2D eigenvalue weighted by Gasteiger charge is -2.28. The Morgan fingerprint density at radius 2 is 1.74 bits per heavy atom. The number of unbranched alkanes of at least 4 members (excludes halogenated alkanes) is 1. The second kappa shape index (κ2) is 12.2. The highest BCUT2D eigenvalue weighted by Crippen LogP contribution is 2.33. The summed E-state index contributed by atoms with van der Waals surface area (Å²) in [5.74, 6) is -0.0930. The summed E-state index contributed by atoms with van der Waals surface area (Å²) >= 11 is 0. The molecule has 0 radical (unpaired) electrons. The lowest BCUT2D eigenvalue weighted by Crippen LogP contribution is -2.45. The van der Waals surface area contributed by atoms with Crippen LogP contribution in [0, 0.1) is 12.8 Å². The first-order chi connectivity index (χ1) is 18.7. The van der Waals surface area contributed by atoms with E-state index in [1.165, 1.54) is 7.11 Å². The predicted molar refractivity (Wildman–Crippen MR) is 152 cm³/mol. The van der Waals surface area contributed by atoms with E-state index in [2.05, 4.69) is 12.2 Å². The molecule has 1 aliphatic rings. The van der Waals surface area contributed by atoms with Gasteiger partial charge in [0.2, 0.25) is 0 Å². The second-order valence-electron chi connectivity index (χ2n) is 10.2. The molecular formula is C32H36N2O5. The Kier molecular flexibility index (Phi) is 8.69. The third-order valence-corrected chi connectivity index (χ3v) is 7.03. The molecule has 2 amide bonds. The van der Waals surface area contributed by atoms with E-state index in [-0.39, 0.29) is 17.7 Å². The number of amides is 2. The van der Waals surface area contributed by atoms with Crippen LogP contribution in [-0.4, -0.2) is 42.4 Å². The summed E-state index contributed by atoms with van der Waals surface area (Å²) in [7, 11) is 1.35. The fourth-order valence-electron chi connectivity index (χ4n) is 4.90. The average Bonchev–Trinajstić information content (AvgIpc) is 3.24. The molecule has 0 saturated carbocycles. The maximum atomic E-state index is 13.3. The van der Waals surface area contributed by atoms with Crippen molar-refractivity contribution in [1.82, 2.24) is 4.90 Å². The Morgan fingerprint density at radius 1 is 1.00 bits per heavy atom. The molecule has 1 atom stereocenters. The summed E-state index contributed by atoms with van der Waals surface area (Å²) in [4.78, 5) is 40.1. The van der Waals surface area contributed by atoms with Crippen molar-refractivity contribution in [2.75, 3.05) is 19.0 Å². The number of fused-ring (bicyclic) bond motifs is 1. The highest BCUT2D eigenvalue weighted by molar-refractivity contribution is 6.04. The number of benzene rings is 3. The standard InChI is InChI=1S/C32H36N2O5/c1-6-7-16-39-26-13-10-22(11-14-26)30(35)33-25-12-15-27(21(4)17-25)23-8-9-24-19-34(31(36)28(24)18-23)29(20(2)3)32(37)38-5/h8-15,17-18,20,29H,6-7,16,19H2,1-5H3,(H,33,35)/t29-/m0/s1. The average molecular weight is 529 g/mol. The third-order valence-electron chi connectivity index (χ3n) is 7.03. The van der Waals surface area contributed by atoms with Crippen LogP contribution in [0.5, 0.6) is 5.75 Å². The number of hydrogen-bond donors (Lipinski definition) is 1. The van der Waals surface area contributed by atoms with Crippen molar-refractivity contribution >= 4 is 23.5 Å². The molecule has 0 unspecified atom stereocenters. The molecule has 4 rings (SSSR count). The van der Waals surface area contributed by atoms with E-state index in [4.69, 9.17) is 9.47 Å². The molecule has 7 nitrogen and oxygen atoms in total. The minimum absolute atomic E-state index is 0.0720. The van der Waals surface area contributed by atoms with Crippen molar-refractivity contribution in [2.24, 2.45) is 5.92 Å². The van der Waals surface area contributed by atoms with Crippen LogP contribution in [0.15, 0.2) is 60.7 Å². The second-order valence-corrected chi connectivity index (χ2v) is 10.2. The van der Waals surface area contributed by atoms with Crippen molar-refractivity contribution in [3.8, 4) is 16.9 Å². The SMILES string of the molecule is CCCCOc1ccc(C(=O)Nc2ccc(-c3ccc4c(c3)C(=O)N([C@H](C(=O)OC)C(C)C)C4)c(C)c2)cc1. The first kappa shape index (κ1) is 27.9. The topological polar surface area (TPSA) is 84.9 Å². The number of carbonyl (C=O) groups is 3. The maximum absolute atomic E-state index is 13.3. The highest BCUT2D eigenvalue weighted by atomic mass is 16.5. The van der Waals surface area contributed by atoms with Gasteiger partial charge in [0.15, 0.2) is 0 Å². The van der Waals surface area contributed by atoms with Crippen molar-refractivity contribution < 1.29 is 23.9 Å². The number of nitrogens with zero attached hydrogens (tertiary/aromatic N) is 1. The Labute approximate surface area is 230 Å².